The standard InChI is InChI=1S/C24H28N6O3/c1-3-18(4-2-16(1)29-24-19-13-32-14-21(19)27-15-28-24)33-22-12-17(30-7-9-31-10-8-30)11-20-23(22)26-6-5-25-20/h5-6,11-12,15-16,18H,1-4,7-10,13-14H2,(H,27,28,29). The lowest BCUT2D eigenvalue weighted by atomic mass is 9.92. The fourth-order valence-electron chi connectivity index (χ4n) is 4.92. The zero-order chi connectivity index (χ0) is 22.0. The highest BCUT2D eigenvalue weighted by Gasteiger charge is 2.26. The van der Waals surface area contributed by atoms with E-state index in [1.807, 2.05) is 0 Å². The Bertz CT molecular complexity index is 1130. The molecule has 1 saturated heterocycles. The Kier molecular flexibility index (Phi) is 5.65. The van der Waals surface area contributed by atoms with Crippen molar-refractivity contribution in [3.05, 3.63) is 42.1 Å². The first-order valence-corrected chi connectivity index (χ1v) is 11.7. The van der Waals surface area contributed by atoms with Crippen LogP contribution in [0.3, 0.4) is 0 Å². The third kappa shape index (κ3) is 4.30. The zero-order valence-electron chi connectivity index (χ0n) is 18.6. The molecule has 2 aromatic heterocycles. The first-order valence-electron chi connectivity index (χ1n) is 11.7. The molecule has 1 aliphatic carbocycles. The van der Waals surface area contributed by atoms with E-state index in [1.165, 1.54) is 0 Å². The van der Waals surface area contributed by atoms with Crippen molar-refractivity contribution in [2.75, 3.05) is 36.5 Å². The number of benzene rings is 1. The molecule has 1 saturated carbocycles. The molecule has 0 unspecified atom stereocenters. The molecule has 0 bridgehead atoms. The summed E-state index contributed by atoms with van der Waals surface area (Å²) in [6.45, 7) is 4.40. The van der Waals surface area contributed by atoms with Gasteiger partial charge < -0.3 is 24.4 Å². The number of fused-ring (bicyclic) bond motifs is 2. The molecule has 2 fully saturated rings. The summed E-state index contributed by atoms with van der Waals surface area (Å²) in [5.74, 6) is 1.74. The highest BCUT2D eigenvalue weighted by Crippen LogP contribution is 2.34. The molecular weight excluding hydrogens is 420 g/mol. The Balaban J connectivity index is 1.15. The summed E-state index contributed by atoms with van der Waals surface area (Å²) in [6, 6.07) is 4.60. The lowest BCUT2D eigenvalue weighted by Gasteiger charge is -2.31. The summed E-state index contributed by atoms with van der Waals surface area (Å²) in [4.78, 5) is 20.2. The molecule has 1 aromatic carbocycles. The van der Waals surface area contributed by atoms with Crippen molar-refractivity contribution in [3.8, 4) is 5.75 Å². The lowest BCUT2D eigenvalue weighted by molar-refractivity contribution is 0.122. The van der Waals surface area contributed by atoms with Gasteiger partial charge in [0, 0.05) is 48.8 Å². The Morgan fingerprint density at radius 3 is 2.64 bits per heavy atom. The molecule has 33 heavy (non-hydrogen) atoms. The van der Waals surface area contributed by atoms with Crippen LogP contribution >= 0.6 is 0 Å². The number of hydrogen-bond donors (Lipinski definition) is 1. The molecule has 1 N–H and O–H groups in total. The highest BCUT2D eigenvalue weighted by molar-refractivity contribution is 5.85. The Morgan fingerprint density at radius 1 is 0.909 bits per heavy atom. The molecule has 0 amide bonds. The van der Waals surface area contributed by atoms with Gasteiger partial charge in [0.2, 0.25) is 0 Å². The third-order valence-electron chi connectivity index (χ3n) is 6.73. The van der Waals surface area contributed by atoms with Crippen LogP contribution in [0.15, 0.2) is 30.9 Å². The van der Waals surface area contributed by atoms with E-state index in [-0.39, 0.29) is 6.10 Å². The second-order valence-corrected chi connectivity index (χ2v) is 8.84. The maximum Gasteiger partial charge on any atom is 0.149 e. The fraction of sp³-hybridized carbons (Fsp3) is 0.500. The van der Waals surface area contributed by atoms with E-state index >= 15 is 0 Å². The number of ether oxygens (including phenoxy) is 3. The van der Waals surface area contributed by atoms with Crippen LogP contribution in [0.5, 0.6) is 5.75 Å². The normalized spacial score (nSPS) is 22.8. The van der Waals surface area contributed by atoms with Gasteiger partial charge in [-0.3, -0.25) is 4.98 Å². The van der Waals surface area contributed by atoms with Gasteiger partial charge in [0.1, 0.15) is 23.4 Å². The summed E-state index contributed by atoms with van der Waals surface area (Å²) in [5, 5.41) is 3.62. The highest BCUT2D eigenvalue weighted by atomic mass is 16.5. The second kappa shape index (κ2) is 9.07. The van der Waals surface area contributed by atoms with Crippen molar-refractivity contribution in [2.24, 2.45) is 0 Å². The monoisotopic (exact) mass is 448 g/mol. The average Bonchev–Trinajstić information content (AvgIpc) is 3.36. The van der Waals surface area contributed by atoms with E-state index in [0.717, 1.165) is 91.5 Å². The molecule has 0 atom stereocenters. The molecule has 3 aliphatic rings. The van der Waals surface area contributed by atoms with Gasteiger partial charge >= 0.3 is 0 Å². The van der Waals surface area contributed by atoms with Gasteiger partial charge in [0.05, 0.1) is 43.7 Å². The van der Waals surface area contributed by atoms with E-state index in [2.05, 4.69) is 42.3 Å². The fourth-order valence-corrected chi connectivity index (χ4v) is 4.92. The molecular formula is C24H28N6O3. The zero-order valence-corrected chi connectivity index (χ0v) is 18.6. The lowest BCUT2D eigenvalue weighted by Crippen LogP contribution is -2.36. The van der Waals surface area contributed by atoms with Crippen LogP contribution in [-0.2, 0) is 22.7 Å². The van der Waals surface area contributed by atoms with Gasteiger partial charge in [-0.2, -0.15) is 0 Å². The quantitative estimate of drug-likeness (QED) is 0.632. The van der Waals surface area contributed by atoms with Crippen LogP contribution in [0.2, 0.25) is 0 Å². The van der Waals surface area contributed by atoms with Gasteiger partial charge in [0.25, 0.3) is 0 Å². The van der Waals surface area contributed by atoms with Crippen molar-refractivity contribution in [2.45, 2.75) is 51.0 Å². The van der Waals surface area contributed by atoms with E-state index in [1.54, 1.807) is 18.7 Å². The number of anilines is 2. The summed E-state index contributed by atoms with van der Waals surface area (Å²) >= 11 is 0. The van der Waals surface area contributed by atoms with Gasteiger partial charge in [-0.25, -0.2) is 15.0 Å². The number of hydrogen-bond acceptors (Lipinski definition) is 9. The number of nitrogens with one attached hydrogen (secondary N) is 1. The molecule has 9 heteroatoms. The maximum atomic E-state index is 6.54. The SMILES string of the molecule is c1nc2c(c(NC3CCC(Oc4cc(N5CCOCC5)cc5nccnc45)CC3)n1)COC2. The van der Waals surface area contributed by atoms with Gasteiger partial charge in [0.15, 0.2) is 0 Å². The maximum absolute atomic E-state index is 6.54. The minimum Gasteiger partial charge on any atom is -0.488 e. The minimum atomic E-state index is 0.160. The van der Waals surface area contributed by atoms with E-state index in [0.29, 0.717) is 19.3 Å². The number of aromatic nitrogens is 4. The molecule has 9 nitrogen and oxygen atoms in total. The van der Waals surface area contributed by atoms with E-state index in [4.69, 9.17) is 14.2 Å². The molecule has 6 rings (SSSR count). The number of morpholine rings is 1. The van der Waals surface area contributed by atoms with Crippen LogP contribution in [0.25, 0.3) is 11.0 Å². The average molecular weight is 449 g/mol. The van der Waals surface area contributed by atoms with Crippen LogP contribution in [0, 0.1) is 0 Å². The van der Waals surface area contributed by atoms with E-state index < -0.39 is 0 Å². The van der Waals surface area contributed by atoms with Gasteiger partial charge in [-0.15, -0.1) is 0 Å². The predicted molar refractivity (Wildman–Crippen MR) is 123 cm³/mol. The Hall–Kier alpha value is -3.04. The summed E-state index contributed by atoms with van der Waals surface area (Å²) in [5.41, 5.74) is 4.91. The first kappa shape index (κ1) is 20.6. The first-order chi connectivity index (χ1) is 16.3. The molecule has 0 spiro atoms. The summed E-state index contributed by atoms with van der Waals surface area (Å²) in [6.07, 6.45) is 9.25. The van der Waals surface area contributed by atoms with Crippen molar-refractivity contribution in [1.29, 1.82) is 0 Å². The summed E-state index contributed by atoms with van der Waals surface area (Å²) < 4.78 is 17.6. The van der Waals surface area contributed by atoms with Crippen molar-refractivity contribution in [3.63, 3.8) is 0 Å². The second-order valence-electron chi connectivity index (χ2n) is 8.84. The molecule has 4 heterocycles. The van der Waals surface area contributed by atoms with Crippen LogP contribution in [-0.4, -0.2) is 58.4 Å². The number of nitrogens with zero attached hydrogens (tertiary/aromatic N) is 5. The Labute approximate surface area is 192 Å². The van der Waals surface area contributed by atoms with Gasteiger partial charge in [-0.1, -0.05) is 0 Å². The molecule has 0 radical (unpaired) electrons. The number of rotatable bonds is 5. The van der Waals surface area contributed by atoms with Crippen molar-refractivity contribution >= 4 is 22.5 Å². The third-order valence-corrected chi connectivity index (χ3v) is 6.73. The smallest absolute Gasteiger partial charge is 0.149 e. The molecule has 172 valence electrons. The van der Waals surface area contributed by atoms with Crippen LogP contribution in [0.1, 0.15) is 36.9 Å². The summed E-state index contributed by atoms with van der Waals surface area (Å²) in [7, 11) is 0. The topological polar surface area (TPSA) is 94.5 Å². The molecule has 2 aliphatic heterocycles. The van der Waals surface area contributed by atoms with Crippen molar-refractivity contribution < 1.29 is 14.2 Å². The predicted octanol–water partition coefficient (Wildman–Crippen LogP) is 3.09. The van der Waals surface area contributed by atoms with Crippen LogP contribution < -0.4 is 15.0 Å². The Morgan fingerprint density at radius 2 is 1.76 bits per heavy atom. The largest absolute Gasteiger partial charge is 0.488 e. The molecule has 3 aromatic rings. The van der Waals surface area contributed by atoms with Crippen molar-refractivity contribution in [1.82, 2.24) is 19.9 Å². The van der Waals surface area contributed by atoms with Crippen LogP contribution in [0.4, 0.5) is 11.5 Å². The van der Waals surface area contributed by atoms with E-state index in [9.17, 15) is 0 Å². The minimum absolute atomic E-state index is 0.160. The van der Waals surface area contributed by atoms with Gasteiger partial charge in [-0.05, 0) is 31.7 Å².